The molecule has 2 rings (SSSR count). The van der Waals surface area contributed by atoms with Crippen LogP contribution in [0.15, 0.2) is 30.5 Å². The molecule has 0 spiro atoms. The van der Waals surface area contributed by atoms with Crippen molar-refractivity contribution >= 4 is 28.6 Å². The molecule has 18 heavy (non-hydrogen) atoms. The normalized spacial score (nSPS) is 11.6. The van der Waals surface area contributed by atoms with E-state index in [-0.39, 0.29) is 0 Å². The first-order chi connectivity index (χ1) is 8.45. The van der Waals surface area contributed by atoms with Gasteiger partial charge in [-0.2, -0.15) is 13.2 Å². The Kier molecular flexibility index (Phi) is 3.77. The van der Waals surface area contributed by atoms with Crippen LogP contribution in [0.5, 0.6) is 0 Å². The molecule has 0 aliphatic heterocycles. The first-order valence-electron chi connectivity index (χ1n) is 4.96. The van der Waals surface area contributed by atoms with E-state index in [0.717, 1.165) is 17.0 Å². The monoisotopic (exact) mass is 292 g/mol. The summed E-state index contributed by atoms with van der Waals surface area (Å²) in [7, 11) is 0. The van der Waals surface area contributed by atoms with Crippen molar-refractivity contribution in [2.24, 2.45) is 0 Å². The zero-order valence-electron chi connectivity index (χ0n) is 8.96. The lowest BCUT2D eigenvalue weighted by atomic mass is 10.2. The van der Waals surface area contributed by atoms with Crippen LogP contribution in [0.1, 0.15) is 10.4 Å². The number of nitrogens with one attached hydrogen (secondary N) is 1. The average molecular weight is 293 g/mol. The quantitative estimate of drug-likeness (QED) is 0.905. The zero-order valence-corrected chi connectivity index (χ0v) is 10.5. The molecule has 0 aliphatic carbocycles. The largest absolute Gasteiger partial charge is 0.416 e. The van der Waals surface area contributed by atoms with E-state index in [1.54, 1.807) is 12.3 Å². The van der Waals surface area contributed by atoms with E-state index in [9.17, 15) is 13.2 Å². The lowest BCUT2D eigenvalue weighted by Crippen LogP contribution is -2.06. The summed E-state index contributed by atoms with van der Waals surface area (Å²) < 4.78 is 37.9. The van der Waals surface area contributed by atoms with Crippen LogP contribution in [0.25, 0.3) is 0 Å². The number of hydrogen-bond donors (Lipinski definition) is 1. The number of rotatable bonds is 3. The Morgan fingerprint density at radius 1 is 1.33 bits per heavy atom. The van der Waals surface area contributed by atoms with Crippen LogP contribution in [0.2, 0.25) is 4.47 Å². The van der Waals surface area contributed by atoms with Gasteiger partial charge in [0.05, 0.1) is 12.1 Å². The molecule has 0 fully saturated rings. The third-order valence-electron chi connectivity index (χ3n) is 2.18. The van der Waals surface area contributed by atoms with E-state index in [1.165, 1.54) is 17.4 Å². The van der Waals surface area contributed by atoms with Crippen LogP contribution >= 0.6 is 22.9 Å². The van der Waals surface area contributed by atoms with Crippen molar-refractivity contribution in [3.05, 3.63) is 45.4 Å². The minimum absolute atomic E-state index is 0.395. The van der Waals surface area contributed by atoms with Crippen molar-refractivity contribution in [1.29, 1.82) is 0 Å². The molecule has 0 atom stereocenters. The highest BCUT2D eigenvalue weighted by atomic mass is 35.5. The number of halogens is 4. The van der Waals surface area contributed by atoms with Gasteiger partial charge in [-0.25, -0.2) is 4.98 Å². The second-order valence-electron chi connectivity index (χ2n) is 3.51. The van der Waals surface area contributed by atoms with Crippen LogP contribution in [0.4, 0.5) is 18.9 Å². The minimum Gasteiger partial charge on any atom is -0.380 e. The fraction of sp³-hybridized carbons (Fsp3) is 0.182. The number of alkyl halides is 3. The van der Waals surface area contributed by atoms with Gasteiger partial charge in [-0.05, 0) is 18.2 Å². The van der Waals surface area contributed by atoms with Gasteiger partial charge in [0.2, 0.25) is 0 Å². The number of nitrogens with zero attached hydrogens (tertiary/aromatic N) is 1. The Morgan fingerprint density at radius 3 is 2.72 bits per heavy atom. The van der Waals surface area contributed by atoms with Gasteiger partial charge < -0.3 is 5.32 Å². The summed E-state index contributed by atoms with van der Waals surface area (Å²) in [4.78, 5) is 4.71. The Balaban J connectivity index is 2.06. The Morgan fingerprint density at radius 2 is 2.11 bits per heavy atom. The van der Waals surface area contributed by atoms with Crippen molar-refractivity contribution in [2.45, 2.75) is 12.7 Å². The lowest BCUT2D eigenvalue weighted by Gasteiger charge is -2.09. The van der Waals surface area contributed by atoms with Crippen molar-refractivity contribution in [2.75, 3.05) is 5.32 Å². The second-order valence-corrected chi connectivity index (χ2v) is 5.21. The molecule has 1 heterocycles. The molecule has 0 amide bonds. The highest BCUT2D eigenvalue weighted by molar-refractivity contribution is 7.15. The number of anilines is 1. The fourth-order valence-electron chi connectivity index (χ4n) is 1.36. The SMILES string of the molecule is FC(F)(F)c1cccc(NCc2cnc(Cl)s2)c1. The van der Waals surface area contributed by atoms with Gasteiger partial charge in [0.15, 0.2) is 4.47 Å². The molecule has 0 radical (unpaired) electrons. The predicted molar refractivity (Wildman–Crippen MR) is 65.9 cm³/mol. The molecule has 0 unspecified atom stereocenters. The maximum Gasteiger partial charge on any atom is 0.416 e. The topological polar surface area (TPSA) is 24.9 Å². The zero-order chi connectivity index (χ0) is 13.2. The van der Waals surface area contributed by atoms with Crippen LogP contribution in [0, 0.1) is 0 Å². The number of aromatic nitrogens is 1. The van der Waals surface area contributed by atoms with Crippen LogP contribution in [-0.2, 0) is 12.7 Å². The highest BCUT2D eigenvalue weighted by Crippen LogP contribution is 2.30. The molecular weight excluding hydrogens is 285 g/mol. The van der Waals surface area contributed by atoms with Gasteiger partial charge in [0, 0.05) is 16.8 Å². The van der Waals surface area contributed by atoms with Gasteiger partial charge >= 0.3 is 6.18 Å². The smallest absolute Gasteiger partial charge is 0.380 e. The molecule has 1 N–H and O–H groups in total. The first kappa shape index (κ1) is 13.2. The van der Waals surface area contributed by atoms with Crippen molar-refractivity contribution < 1.29 is 13.2 Å². The second kappa shape index (κ2) is 5.16. The van der Waals surface area contributed by atoms with Crippen LogP contribution in [0.3, 0.4) is 0 Å². The van der Waals surface area contributed by atoms with E-state index in [2.05, 4.69) is 10.3 Å². The average Bonchev–Trinajstić information content (AvgIpc) is 2.72. The summed E-state index contributed by atoms with van der Waals surface area (Å²) in [5.41, 5.74) is -0.260. The van der Waals surface area contributed by atoms with Crippen LogP contribution in [-0.4, -0.2) is 4.98 Å². The van der Waals surface area contributed by atoms with E-state index in [0.29, 0.717) is 16.7 Å². The number of hydrogen-bond acceptors (Lipinski definition) is 3. The molecular formula is C11H8ClF3N2S. The third-order valence-corrected chi connectivity index (χ3v) is 3.30. The van der Waals surface area contributed by atoms with E-state index < -0.39 is 11.7 Å². The third kappa shape index (κ3) is 3.36. The molecule has 96 valence electrons. The highest BCUT2D eigenvalue weighted by Gasteiger charge is 2.30. The number of thiazole rings is 1. The Labute approximate surface area is 110 Å². The van der Waals surface area contributed by atoms with Crippen molar-refractivity contribution in [3.63, 3.8) is 0 Å². The Hall–Kier alpha value is -1.27. The van der Waals surface area contributed by atoms with Gasteiger partial charge in [0.25, 0.3) is 0 Å². The molecule has 1 aromatic heterocycles. The van der Waals surface area contributed by atoms with Crippen molar-refractivity contribution in [1.82, 2.24) is 4.98 Å². The summed E-state index contributed by atoms with van der Waals surface area (Å²) in [5, 5.41) is 2.90. The van der Waals surface area contributed by atoms with Gasteiger partial charge in [-0.3, -0.25) is 0 Å². The maximum atomic E-state index is 12.5. The van der Waals surface area contributed by atoms with E-state index in [1.807, 2.05) is 0 Å². The Bertz CT molecular complexity index is 539. The van der Waals surface area contributed by atoms with Gasteiger partial charge in [-0.1, -0.05) is 17.7 Å². The summed E-state index contributed by atoms with van der Waals surface area (Å²) in [5.74, 6) is 0. The fourth-order valence-corrected chi connectivity index (χ4v) is 2.28. The molecule has 0 bridgehead atoms. The molecule has 0 saturated carbocycles. The van der Waals surface area contributed by atoms with E-state index in [4.69, 9.17) is 11.6 Å². The summed E-state index contributed by atoms with van der Waals surface area (Å²) in [6.07, 6.45) is -2.74. The molecule has 2 nitrogen and oxygen atoms in total. The van der Waals surface area contributed by atoms with Crippen LogP contribution < -0.4 is 5.32 Å². The first-order valence-corrected chi connectivity index (χ1v) is 6.16. The molecule has 1 aromatic carbocycles. The molecule has 2 aromatic rings. The minimum atomic E-state index is -4.33. The number of benzene rings is 1. The standard InChI is InChI=1S/C11H8ClF3N2S/c12-10-17-6-9(18-10)5-16-8-3-1-2-7(4-8)11(13,14)15/h1-4,6,16H,5H2. The molecule has 0 aliphatic rings. The summed E-state index contributed by atoms with van der Waals surface area (Å²) >= 11 is 6.94. The summed E-state index contributed by atoms with van der Waals surface area (Å²) in [6.45, 7) is 0.395. The summed E-state index contributed by atoms with van der Waals surface area (Å²) in [6, 6.07) is 5.06. The van der Waals surface area contributed by atoms with Crippen molar-refractivity contribution in [3.8, 4) is 0 Å². The maximum absolute atomic E-state index is 12.5. The lowest BCUT2D eigenvalue weighted by molar-refractivity contribution is -0.137. The van der Waals surface area contributed by atoms with Gasteiger partial charge in [-0.15, -0.1) is 11.3 Å². The molecule has 7 heteroatoms. The predicted octanol–water partition coefficient (Wildman–Crippen LogP) is 4.43. The van der Waals surface area contributed by atoms with E-state index >= 15 is 0 Å². The molecule has 0 saturated heterocycles. The van der Waals surface area contributed by atoms with Gasteiger partial charge in [0.1, 0.15) is 0 Å².